The SMILES string of the molecule is CCOC(=O)c1ccc(C(=N)C(C)C)cc1. The van der Waals surface area contributed by atoms with Crippen LogP contribution in [0.2, 0.25) is 0 Å². The summed E-state index contributed by atoms with van der Waals surface area (Å²) in [5.41, 5.74) is 1.96. The monoisotopic (exact) mass is 219 g/mol. The lowest BCUT2D eigenvalue weighted by Gasteiger charge is -2.08. The second-order valence-corrected chi connectivity index (χ2v) is 3.87. The van der Waals surface area contributed by atoms with E-state index in [1.165, 1.54) is 0 Å². The van der Waals surface area contributed by atoms with Crippen LogP contribution in [0.25, 0.3) is 0 Å². The van der Waals surface area contributed by atoms with Gasteiger partial charge in [-0.25, -0.2) is 4.79 Å². The highest BCUT2D eigenvalue weighted by Gasteiger charge is 2.09. The van der Waals surface area contributed by atoms with Gasteiger partial charge in [-0.2, -0.15) is 0 Å². The first-order valence-electron chi connectivity index (χ1n) is 5.42. The van der Waals surface area contributed by atoms with Crippen molar-refractivity contribution in [1.29, 1.82) is 5.41 Å². The topological polar surface area (TPSA) is 50.2 Å². The summed E-state index contributed by atoms with van der Waals surface area (Å²) in [6, 6.07) is 6.97. The van der Waals surface area contributed by atoms with Gasteiger partial charge in [0.05, 0.1) is 12.2 Å². The number of carbonyl (C=O) groups is 1. The summed E-state index contributed by atoms with van der Waals surface area (Å²) in [5.74, 6) is -0.126. The molecule has 0 aliphatic rings. The normalized spacial score (nSPS) is 10.2. The van der Waals surface area contributed by atoms with Crippen molar-refractivity contribution in [2.45, 2.75) is 20.8 Å². The molecule has 0 bridgehead atoms. The molecular weight excluding hydrogens is 202 g/mol. The van der Waals surface area contributed by atoms with Gasteiger partial charge < -0.3 is 10.1 Å². The zero-order valence-electron chi connectivity index (χ0n) is 9.91. The van der Waals surface area contributed by atoms with E-state index in [1.807, 2.05) is 13.8 Å². The fourth-order valence-electron chi connectivity index (χ4n) is 1.33. The van der Waals surface area contributed by atoms with Gasteiger partial charge in [0, 0.05) is 5.71 Å². The van der Waals surface area contributed by atoms with E-state index in [9.17, 15) is 4.79 Å². The van der Waals surface area contributed by atoms with E-state index in [0.717, 1.165) is 5.56 Å². The highest BCUT2D eigenvalue weighted by Crippen LogP contribution is 2.10. The number of benzene rings is 1. The van der Waals surface area contributed by atoms with Gasteiger partial charge >= 0.3 is 5.97 Å². The maximum Gasteiger partial charge on any atom is 0.338 e. The number of nitrogens with one attached hydrogen (secondary N) is 1. The van der Waals surface area contributed by atoms with E-state index < -0.39 is 0 Å². The van der Waals surface area contributed by atoms with Crippen LogP contribution in [0.3, 0.4) is 0 Å². The predicted molar refractivity (Wildman–Crippen MR) is 64.1 cm³/mol. The molecule has 1 N–H and O–H groups in total. The number of hydrogen-bond donors (Lipinski definition) is 1. The lowest BCUT2D eigenvalue weighted by Crippen LogP contribution is -2.09. The summed E-state index contributed by atoms with van der Waals surface area (Å²) in [5, 5.41) is 7.83. The molecule has 86 valence electrons. The lowest BCUT2D eigenvalue weighted by molar-refractivity contribution is 0.0526. The third-order valence-electron chi connectivity index (χ3n) is 2.28. The van der Waals surface area contributed by atoms with Crippen molar-refractivity contribution in [3.05, 3.63) is 35.4 Å². The number of hydrogen-bond acceptors (Lipinski definition) is 3. The molecule has 0 unspecified atom stereocenters. The average molecular weight is 219 g/mol. The van der Waals surface area contributed by atoms with Gasteiger partial charge in [-0.1, -0.05) is 26.0 Å². The molecular formula is C13H17NO2. The van der Waals surface area contributed by atoms with E-state index >= 15 is 0 Å². The van der Waals surface area contributed by atoms with E-state index in [-0.39, 0.29) is 11.9 Å². The average Bonchev–Trinajstić information content (AvgIpc) is 2.28. The molecule has 0 aliphatic carbocycles. The summed E-state index contributed by atoms with van der Waals surface area (Å²) in [7, 11) is 0. The van der Waals surface area contributed by atoms with Gasteiger partial charge in [0.25, 0.3) is 0 Å². The van der Waals surface area contributed by atoms with Crippen molar-refractivity contribution < 1.29 is 9.53 Å². The van der Waals surface area contributed by atoms with Crippen molar-refractivity contribution in [1.82, 2.24) is 0 Å². The maximum absolute atomic E-state index is 11.4. The first-order valence-corrected chi connectivity index (χ1v) is 5.42. The number of carbonyl (C=O) groups excluding carboxylic acids is 1. The molecule has 0 aromatic heterocycles. The standard InChI is InChI=1S/C13H17NO2/c1-4-16-13(15)11-7-5-10(6-8-11)12(14)9(2)3/h5-9,14H,4H2,1-3H3. The maximum atomic E-state index is 11.4. The van der Waals surface area contributed by atoms with Crippen molar-refractivity contribution >= 4 is 11.7 Å². The lowest BCUT2D eigenvalue weighted by atomic mass is 9.99. The van der Waals surface area contributed by atoms with Crippen LogP contribution < -0.4 is 0 Å². The van der Waals surface area contributed by atoms with Crippen molar-refractivity contribution in [3.63, 3.8) is 0 Å². The summed E-state index contributed by atoms with van der Waals surface area (Å²) < 4.78 is 4.88. The van der Waals surface area contributed by atoms with Gasteiger partial charge in [-0.3, -0.25) is 0 Å². The van der Waals surface area contributed by atoms with Gasteiger partial charge in [0.1, 0.15) is 0 Å². The quantitative estimate of drug-likeness (QED) is 0.625. The molecule has 1 aromatic carbocycles. The van der Waals surface area contributed by atoms with Crippen molar-refractivity contribution in [2.24, 2.45) is 5.92 Å². The number of esters is 1. The van der Waals surface area contributed by atoms with Crippen LogP contribution >= 0.6 is 0 Å². The third-order valence-corrected chi connectivity index (χ3v) is 2.28. The molecule has 0 spiro atoms. The highest BCUT2D eigenvalue weighted by atomic mass is 16.5. The summed E-state index contributed by atoms with van der Waals surface area (Å²) in [6.45, 7) is 6.10. The van der Waals surface area contributed by atoms with E-state index in [4.69, 9.17) is 10.1 Å². The Kier molecular flexibility index (Phi) is 4.23. The molecule has 0 radical (unpaired) electrons. The Labute approximate surface area is 95.9 Å². The minimum atomic E-state index is -0.315. The zero-order chi connectivity index (χ0) is 12.1. The van der Waals surface area contributed by atoms with E-state index in [1.54, 1.807) is 31.2 Å². The largest absolute Gasteiger partial charge is 0.462 e. The molecule has 0 heterocycles. The fourth-order valence-corrected chi connectivity index (χ4v) is 1.33. The van der Waals surface area contributed by atoms with Crippen LogP contribution in [-0.4, -0.2) is 18.3 Å². The molecule has 1 aromatic rings. The molecule has 0 amide bonds. The molecule has 0 fully saturated rings. The van der Waals surface area contributed by atoms with Gasteiger partial charge in [0.15, 0.2) is 0 Å². The molecule has 1 rings (SSSR count). The summed E-state index contributed by atoms with van der Waals surface area (Å²) in [4.78, 5) is 11.4. The Morgan fingerprint density at radius 2 is 1.75 bits per heavy atom. The highest BCUT2D eigenvalue weighted by molar-refractivity contribution is 6.00. The summed E-state index contributed by atoms with van der Waals surface area (Å²) >= 11 is 0. The Hall–Kier alpha value is -1.64. The second-order valence-electron chi connectivity index (χ2n) is 3.87. The Bertz CT molecular complexity index is 379. The van der Waals surface area contributed by atoms with Crippen LogP contribution in [-0.2, 0) is 4.74 Å². The van der Waals surface area contributed by atoms with Crippen LogP contribution in [0.5, 0.6) is 0 Å². The van der Waals surface area contributed by atoms with Crippen molar-refractivity contribution in [3.8, 4) is 0 Å². The molecule has 3 nitrogen and oxygen atoms in total. The first kappa shape index (κ1) is 12.4. The fraction of sp³-hybridized carbons (Fsp3) is 0.385. The third kappa shape index (κ3) is 2.92. The minimum Gasteiger partial charge on any atom is -0.462 e. The second kappa shape index (κ2) is 5.45. The smallest absolute Gasteiger partial charge is 0.338 e. The van der Waals surface area contributed by atoms with Gasteiger partial charge in [0.2, 0.25) is 0 Å². The minimum absolute atomic E-state index is 0.188. The van der Waals surface area contributed by atoms with Gasteiger partial charge in [-0.05, 0) is 30.5 Å². The molecule has 0 saturated carbocycles. The number of ether oxygens (including phenoxy) is 1. The van der Waals surface area contributed by atoms with E-state index in [0.29, 0.717) is 17.9 Å². The zero-order valence-corrected chi connectivity index (χ0v) is 9.91. The molecule has 0 atom stereocenters. The van der Waals surface area contributed by atoms with Gasteiger partial charge in [-0.15, -0.1) is 0 Å². The van der Waals surface area contributed by atoms with Crippen molar-refractivity contribution in [2.75, 3.05) is 6.61 Å². The molecule has 0 aliphatic heterocycles. The van der Waals surface area contributed by atoms with Crippen LogP contribution in [0.1, 0.15) is 36.7 Å². The van der Waals surface area contributed by atoms with Crippen LogP contribution in [0.4, 0.5) is 0 Å². The Balaban J connectivity index is 2.83. The van der Waals surface area contributed by atoms with Crippen LogP contribution in [0, 0.1) is 11.3 Å². The Morgan fingerprint density at radius 1 is 1.25 bits per heavy atom. The number of rotatable bonds is 4. The molecule has 16 heavy (non-hydrogen) atoms. The molecule has 3 heteroatoms. The van der Waals surface area contributed by atoms with E-state index in [2.05, 4.69) is 0 Å². The Morgan fingerprint density at radius 3 is 2.19 bits per heavy atom. The first-order chi connectivity index (χ1) is 7.56. The predicted octanol–water partition coefficient (Wildman–Crippen LogP) is 2.89. The summed E-state index contributed by atoms with van der Waals surface area (Å²) in [6.07, 6.45) is 0. The van der Waals surface area contributed by atoms with Crippen LogP contribution in [0.15, 0.2) is 24.3 Å². The molecule has 0 saturated heterocycles.